The summed E-state index contributed by atoms with van der Waals surface area (Å²) >= 11 is 1.31. The van der Waals surface area contributed by atoms with Crippen LogP contribution in [0.25, 0.3) is 11.0 Å². The van der Waals surface area contributed by atoms with Gasteiger partial charge in [0.2, 0.25) is 10.9 Å². The fraction of sp³-hybridized carbons (Fsp3) is 0.182. The van der Waals surface area contributed by atoms with E-state index in [2.05, 4.69) is 10.2 Å². The van der Waals surface area contributed by atoms with Gasteiger partial charge in [-0.3, -0.25) is 14.5 Å². The molecule has 0 radical (unpaired) electrons. The molecule has 2 aromatic heterocycles. The average Bonchev–Trinajstić information content (AvgIpc) is 3.25. The molecule has 29 heavy (non-hydrogen) atoms. The van der Waals surface area contributed by atoms with E-state index in [1.807, 2.05) is 51.1 Å². The topological polar surface area (TPSA) is 76.3 Å². The lowest BCUT2D eigenvalue weighted by Gasteiger charge is -2.22. The molecule has 1 aliphatic heterocycles. The van der Waals surface area contributed by atoms with Crippen LogP contribution in [0.3, 0.4) is 0 Å². The van der Waals surface area contributed by atoms with E-state index in [1.54, 1.807) is 12.1 Å². The van der Waals surface area contributed by atoms with Crippen molar-refractivity contribution < 1.29 is 9.21 Å². The molecule has 144 valence electrons. The molecule has 0 aliphatic carbocycles. The van der Waals surface area contributed by atoms with E-state index < -0.39 is 6.04 Å². The summed E-state index contributed by atoms with van der Waals surface area (Å²) < 4.78 is 5.95. The highest BCUT2D eigenvalue weighted by atomic mass is 32.1. The van der Waals surface area contributed by atoms with Crippen LogP contribution in [-0.2, 0) is 0 Å². The molecule has 6 nitrogen and oxygen atoms in total. The summed E-state index contributed by atoms with van der Waals surface area (Å²) in [5.41, 5.74) is 3.45. The second kappa shape index (κ2) is 6.35. The molecule has 0 fully saturated rings. The number of carbonyl (C=O) groups is 1. The Morgan fingerprint density at radius 2 is 1.69 bits per heavy atom. The molecule has 0 spiro atoms. The van der Waals surface area contributed by atoms with Gasteiger partial charge in [-0.05, 0) is 38.5 Å². The molecule has 5 rings (SSSR count). The van der Waals surface area contributed by atoms with Crippen LogP contribution in [-0.4, -0.2) is 16.1 Å². The van der Waals surface area contributed by atoms with Crippen LogP contribution in [0.15, 0.2) is 51.7 Å². The van der Waals surface area contributed by atoms with Gasteiger partial charge in [-0.1, -0.05) is 52.8 Å². The van der Waals surface area contributed by atoms with Crippen LogP contribution in [0.1, 0.15) is 43.9 Å². The maximum absolute atomic E-state index is 13.5. The largest absolute Gasteiger partial charge is 0.450 e. The Labute approximate surface area is 170 Å². The molecule has 0 unspecified atom stereocenters. The molecule has 2 aromatic carbocycles. The number of anilines is 1. The van der Waals surface area contributed by atoms with Crippen molar-refractivity contribution in [3.05, 3.63) is 85.7 Å². The van der Waals surface area contributed by atoms with Crippen molar-refractivity contribution in [3.8, 4) is 0 Å². The zero-order valence-corrected chi connectivity index (χ0v) is 16.9. The molecule has 0 N–H and O–H groups in total. The van der Waals surface area contributed by atoms with Gasteiger partial charge >= 0.3 is 0 Å². The maximum atomic E-state index is 13.5. The van der Waals surface area contributed by atoms with Crippen molar-refractivity contribution in [2.45, 2.75) is 26.8 Å². The van der Waals surface area contributed by atoms with Crippen LogP contribution >= 0.6 is 11.3 Å². The summed E-state index contributed by atoms with van der Waals surface area (Å²) in [6.45, 7) is 5.75. The first-order valence-electron chi connectivity index (χ1n) is 9.21. The van der Waals surface area contributed by atoms with E-state index in [4.69, 9.17) is 4.42 Å². The summed E-state index contributed by atoms with van der Waals surface area (Å²) in [7, 11) is 0. The predicted octanol–water partition coefficient (Wildman–Crippen LogP) is 4.32. The van der Waals surface area contributed by atoms with Crippen molar-refractivity contribution in [1.82, 2.24) is 10.2 Å². The van der Waals surface area contributed by atoms with E-state index in [-0.39, 0.29) is 17.1 Å². The number of carbonyl (C=O) groups excluding carboxylic acids is 1. The van der Waals surface area contributed by atoms with Gasteiger partial charge in [0, 0.05) is 0 Å². The Hall–Kier alpha value is -3.32. The fourth-order valence-corrected chi connectivity index (χ4v) is 4.45. The number of aryl methyl sites for hydroxylation is 3. The van der Waals surface area contributed by atoms with Gasteiger partial charge in [-0.15, -0.1) is 10.2 Å². The minimum absolute atomic E-state index is 0.0739. The van der Waals surface area contributed by atoms with E-state index in [0.717, 1.165) is 21.7 Å². The maximum Gasteiger partial charge on any atom is 0.297 e. The Balaban J connectivity index is 1.83. The Morgan fingerprint density at radius 1 is 0.966 bits per heavy atom. The molecule has 1 amide bonds. The van der Waals surface area contributed by atoms with E-state index in [0.29, 0.717) is 21.7 Å². The first-order chi connectivity index (χ1) is 13.9. The highest BCUT2D eigenvalue weighted by molar-refractivity contribution is 7.15. The van der Waals surface area contributed by atoms with Crippen molar-refractivity contribution >= 4 is 33.3 Å². The molecule has 1 aliphatic rings. The van der Waals surface area contributed by atoms with Gasteiger partial charge in [0.1, 0.15) is 10.6 Å². The Morgan fingerprint density at radius 3 is 2.38 bits per heavy atom. The van der Waals surface area contributed by atoms with Gasteiger partial charge in [0.05, 0.1) is 17.0 Å². The zero-order valence-electron chi connectivity index (χ0n) is 16.1. The molecule has 7 heteroatoms. The van der Waals surface area contributed by atoms with Crippen molar-refractivity contribution in [2.24, 2.45) is 0 Å². The van der Waals surface area contributed by atoms with Gasteiger partial charge in [-0.2, -0.15) is 0 Å². The number of aromatic nitrogens is 2. The molecule has 0 bridgehead atoms. The highest BCUT2D eigenvalue weighted by Gasteiger charge is 2.45. The number of amides is 1. The second-order valence-electron chi connectivity index (χ2n) is 7.27. The fourth-order valence-electron chi connectivity index (χ4n) is 3.73. The summed E-state index contributed by atoms with van der Waals surface area (Å²) in [5.74, 6) is -0.300. The molecule has 1 atom stereocenters. The van der Waals surface area contributed by atoms with E-state index >= 15 is 0 Å². The lowest BCUT2D eigenvalue weighted by molar-refractivity contribution is 0.0970. The number of hydrogen-bond acceptors (Lipinski definition) is 6. The molecule has 3 heterocycles. The monoisotopic (exact) mass is 403 g/mol. The van der Waals surface area contributed by atoms with Crippen molar-refractivity contribution in [3.63, 3.8) is 0 Å². The first kappa shape index (κ1) is 17.8. The third kappa shape index (κ3) is 2.69. The smallest absolute Gasteiger partial charge is 0.297 e. The summed E-state index contributed by atoms with van der Waals surface area (Å²) in [6, 6.07) is 12.6. The molecule has 4 aromatic rings. The van der Waals surface area contributed by atoms with Crippen molar-refractivity contribution in [2.75, 3.05) is 4.90 Å². The van der Waals surface area contributed by atoms with Gasteiger partial charge in [0.15, 0.2) is 5.43 Å². The minimum atomic E-state index is -0.605. The Bertz CT molecular complexity index is 1340. The molecular weight excluding hydrogens is 386 g/mol. The molecular formula is C22H17N3O3S. The standard InChI is InChI=1S/C22H17N3O3S/c1-11-4-7-14(8-5-11)18-17-19(26)15-10-12(2)6-9-16(15)28-20(17)21(27)25(18)22-24-23-13(3)29-22/h4-10,18H,1-3H3/t18-/m0/s1. The second-order valence-corrected chi connectivity index (χ2v) is 8.43. The predicted molar refractivity (Wildman–Crippen MR) is 112 cm³/mol. The minimum Gasteiger partial charge on any atom is -0.450 e. The normalized spacial score (nSPS) is 15.9. The van der Waals surface area contributed by atoms with E-state index in [9.17, 15) is 9.59 Å². The molecule has 0 saturated heterocycles. The summed E-state index contributed by atoms with van der Waals surface area (Å²) in [5, 5.41) is 9.89. The summed E-state index contributed by atoms with van der Waals surface area (Å²) in [6.07, 6.45) is 0. The van der Waals surface area contributed by atoms with Crippen LogP contribution in [0.4, 0.5) is 5.13 Å². The summed E-state index contributed by atoms with van der Waals surface area (Å²) in [4.78, 5) is 28.4. The number of fused-ring (bicyclic) bond motifs is 2. The number of rotatable bonds is 2. The average molecular weight is 403 g/mol. The zero-order chi connectivity index (χ0) is 20.3. The van der Waals surface area contributed by atoms with Gasteiger partial charge < -0.3 is 4.42 Å². The number of benzene rings is 2. The SMILES string of the molecule is Cc1ccc([C@H]2c3c(oc4ccc(C)cc4c3=O)C(=O)N2c2nnc(C)s2)cc1. The van der Waals surface area contributed by atoms with Crippen LogP contribution in [0.2, 0.25) is 0 Å². The first-order valence-corrected chi connectivity index (χ1v) is 10.0. The van der Waals surface area contributed by atoms with Gasteiger partial charge in [0.25, 0.3) is 5.91 Å². The third-order valence-electron chi connectivity index (χ3n) is 5.14. The lowest BCUT2D eigenvalue weighted by atomic mass is 9.97. The number of hydrogen-bond donors (Lipinski definition) is 0. The van der Waals surface area contributed by atoms with Crippen LogP contribution in [0, 0.1) is 20.8 Å². The van der Waals surface area contributed by atoms with Crippen LogP contribution < -0.4 is 10.3 Å². The van der Waals surface area contributed by atoms with E-state index in [1.165, 1.54) is 16.2 Å². The molecule has 0 saturated carbocycles. The van der Waals surface area contributed by atoms with Crippen molar-refractivity contribution in [1.29, 1.82) is 0 Å². The Kier molecular flexibility index (Phi) is 3.89. The highest BCUT2D eigenvalue weighted by Crippen LogP contribution is 2.42. The quantitative estimate of drug-likeness (QED) is 0.498. The van der Waals surface area contributed by atoms with Gasteiger partial charge in [-0.25, -0.2) is 0 Å². The number of nitrogens with zero attached hydrogens (tertiary/aromatic N) is 3. The third-order valence-corrected chi connectivity index (χ3v) is 5.98. The lowest BCUT2D eigenvalue weighted by Crippen LogP contribution is -2.29. The van der Waals surface area contributed by atoms with Crippen LogP contribution in [0.5, 0.6) is 0 Å².